The van der Waals surface area contributed by atoms with E-state index < -0.39 is 11.4 Å². The van der Waals surface area contributed by atoms with Gasteiger partial charge in [-0.2, -0.15) is 0 Å². The van der Waals surface area contributed by atoms with Crippen LogP contribution in [0.2, 0.25) is 0 Å². The van der Waals surface area contributed by atoms with Crippen LogP contribution in [0.1, 0.15) is 13.8 Å². The number of carbonyl (C=O) groups is 1. The van der Waals surface area contributed by atoms with Crippen molar-refractivity contribution in [3.63, 3.8) is 0 Å². The minimum atomic E-state index is -0.803. The number of anilines is 1. The van der Waals surface area contributed by atoms with Crippen molar-refractivity contribution in [1.82, 2.24) is 4.57 Å². The Morgan fingerprint density at radius 3 is 2.76 bits per heavy atom. The van der Waals surface area contributed by atoms with Gasteiger partial charge in [0.2, 0.25) is 0 Å². The van der Waals surface area contributed by atoms with E-state index in [0.717, 1.165) is 10.9 Å². The highest BCUT2D eigenvalue weighted by Gasteiger charge is 2.27. The zero-order chi connectivity index (χ0) is 12.6. The Labute approximate surface area is 99.7 Å². The second-order valence-electron chi connectivity index (χ2n) is 4.95. The van der Waals surface area contributed by atoms with Crippen LogP contribution in [0.5, 0.6) is 0 Å². The van der Waals surface area contributed by atoms with E-state index in [1.165, 1.54) is 0 Å². The number of nitrogens with two attached hydrogens (primary N) is 1. The molecule has 2 rings (SSSR count). The molecule has 17 heavy (non-hydrogen) atoms. The van der Waals surface area contributed by atoms with Gasteiger partial charge in [-0.3, -0.25) is 4.79 Å². The number of aromatic nitrogens is 1. The van der Waals surface area contributed by atoms with Crippen molar-refractivity contribution in [2.75, 3.05) is 5.73 Å². The topological polar surface area (TPSA) is 68.2 Å². The lowest BCUT2D eigenvalue weighted by Crippen LogP contribution is -2.28. The Morgan fingerprint density at radius 2 is 2.12 bits per heavy atom. The van der Waals surface area contributed by atoms with E-state index in [9.17, 15) is 4.79 Å². The predicted molar refractivity (Wildman–Crippen MR) is 67.8 cm³/mol. The summed E-state index contributed by atoms with van der Waals surface area (Å²) in [6, 6.07) is 7.61. The van der Waals surface area contributed by atoms with Gasteiger partial charge in [0.05, 0.1) is 10.9 Å². The van der Waals surface area contributed by atoms with Crippen LogP contribution in [-0.4, -0.2) is 15.6 Å². The van der Waals surface area contributed by atoms with Crippen LogP contribution in [0.15, 0.2) is 30.5 Å². The van der Waals surface area contributed by atoms with Crippen LogP contribution in [0, 0.1) is 5.41 Å². The average Bonchev–Trinajstić information content (AvgIpc) is 2.60. The summed E-state index contributed by atoms with van der Waals surface area (Å²) < 4.78 is 1.93. The molecule has 0 saturated carbocycles. The number of hydrogen-bond donors (Lipinski definition) is 2. The minimum absolute atomic E-state index is 0.426. The second-order valence-corrected chi connectivity index (χ2v) is 4.95. The molecule has 4 nitrogen and oxygen atoms in total. The zero-order valence-electron chi connectivity index (χ0n) is 9.97. The smallest absolute Gasteiger partial charge is 0.310 e. The fourth-order valence-electron chi connectivity index (χ4n) is 1.83. The van der Waals surface area contributed by atoms with Crippen molar-refractivity contribution in [3.05, 3.63) is 30.5 Å². The number of rotatable bonds is 3. The number of nitrogen functional groups attached to an aromatic ring is 1. The maximum Gasteiger partial charge on any atom is 0.310 e. The van der Waals surface area contributed by atoms with E-state index in [4.69, 9.17) is 10.8 Å². The fourth-order valence-corrected chi connectivity index (χ4v) is 1.83. The summed E-state index contributed by atoms with van der Waals surface area (Å²) >= 11 is 0. The molecule has 1 aromatic carbocycles. The van der Waals surface area contributed by atoms with Gasteiger partial charge in [-0.25, -0.2) is 0 Å². The van der Waals surface area contributed by atoms with Gasteiger partial charge in [-0.15, -0.1) is 0 Å². The number of nitrogens with zero attached hydrogens (tertiary/aromatic N) is 1. The lowest BCUT2D eigenvalue weighted by atomic mass is 9.94. The molecule has 0 unspecified atom stereocenters. The molecule has 3 N–H and O–H groups in total. The van der Waals surface area contributed by atoms with Crippen LogP contribution < -0.4 is 5.73 Å². The Balaban J connectivity index is 2.43. The van der Waals surface area contributed by atoms with Gasteiger partial charge in [0.25, 0.3) is 0 Å². The van der Waals surface area contributed by atoms with Crippen molar-refractivity contribution < 1.29 is 9.90 Å². The Morgan fingerprint density at radius 1 is 1.41 bits per heavy atom. The first-order valence-electron chi connectivity index (χ1n) is 5.48. The van der Waals surface area contributed by atoms with Crippen molar-refractivity contribution in [2.45, 2.75) is 20.4 Å². The van der Waals surface area contributed by atoms with Crippen LogP contribution in [0.25, 0.3) is 10.9 Å². The number of aliphatic carboxylic acids is 1. The van der Waals surface area contributed by atoms with Gasteiger partial charge in [0.15, 0.2) is 0 Å². The van der Waals surface area contributed by atoms with Gasteiger partial charge in [0.1, 0.15) is 0 Å². The normalized spacial score (nSPS) is 11.9. The van der Waals surface area contributed by atoms with Crippen LogP contribution in [0.4, 0.5) is 5.69 Å². The van der Waals surface area contributed by atoms with Crippen molar-refractivity contribution >= 4 is 22.6 Å². The van der Waals surface area contributed by atoms with E-state index >= 15 is 0 Å². The molecule has 0 aliphatic carbocycles. The first-order chi connectivity index (χ1) is 7.90. The Kier molecular flexibility index (Phi) is 2.58. The molecule has 0 radical (unpaired) electrons. The van der Waals surface area contributed by atoms with E-state index in [1.54, 1.807) is 13.8 Å². The van der Waals surface area contributed by atoms with Gasteiger partial charge in [-0.05, 0) is 37.4 Å². The third kappa shape index (κ3) is 2.11. The number of benzene rings is 1. The lowest BCUT2D eigenvalue weighted by molar-refractivity contribution is -0.147. The van der Waals surface area contributed by atoms with Gasteiger partial charge < -0.3 is 15.4 Å². The Bertz CT molecular complexity index is 570. The predicted octanol–water partition coefficient (Wildman–Crippen LogP) is 2.33. The maximum absolute atomic E-state index is 11.1. The summed E-state index contributed by atoms with van der Waals surface area (Å²) in [4.78, 5) is 11.1. The zero-order valence-corrected chi connectivity index (χ0v) is 9.97. The van der Waals surface area contributed by atoms with Gasteiger partial charge >= 0.3 is 5.97 Å². The van der Waals surface area contributed by atoms with Crippen molar-refractivity contribution in [1.29, 1.82) is 0 Å². The van der Waals surface area contributed by atoms with Crippen LogP contribution in [-0.2, 0) is 11.3 Å². The molecule has 90 valence electrons. The largest absolute Gasteiger partial charge is 0.481 e. The van der Waals surface area contributed by atoms with Crippen molar-refractivity contribution in [2.24, 2.45) is 5.41 Å². The molecule has 0 saturated heterocycles. The minimum Gasteiger partial charge on any atom is -0.481 e. The number of hydrogen-bond acceptors (Lipinski definition) is 2. The molecule has 0 atom stereocenters. The highest BCUT2D eigenvalue weighted by Crippen LogP contribution is 2.24. The summed E-state index contributed by atoms with van der Waals surface area (Å²) in [6.45, 7) is 3.86. The fraction of sp³-hybridized carbons (Fsp3) is 0.308. The number of fused-ring (bicyclic) bond motifs is 1. The summed E-state index contributed by atoms with van der Waals surface area (Å²) in [6.07, 6.45) is 1.90. The monoisotopic (exact) mass is 232 g/mol. The quantitative estimate of drug-likeness (QED) is 0.798. The maximum atomic E-state index is 11.1. The molecule has 0 fully saturated rings. The van der Waals surface area contributed by atoms with E-state index in [0.29, 0.717) is 12.2 Å². The molecule has 2 aromatic rings. The van der Waals surface area contributed by atoms with E-state index in [2.05, 4.69) is 0 Å². The van der Waals surface area contributed by atoms with Gasteiger partial charge in [0, 0.05) is 18.4 Å². The molecular formula is C13H16N2O2. The van der Waals surface area contributed by atoms with E-state index in [1.807, 2.05) is 35.0 Å². The third-order valence-corrected chi connectivity index (χ3v) is 2.94. The first-order valence-corrected chi connectivity index (χ1v) is 5.48. The van der Waals surface area contributed by atoms with Crippen LogP contribution >= 0.6 is 0 Å². The van der Waals surface area contributed by atoms with E-state index in [-0.39, 0.29) is 0 Å². The summed E-state index contributed by atoms with van der Waals surface area (Å²) in [5, 5.41) is 10.2. The highest BCUT2D eigenvalue weighted by atomic mass is 16.4. The molecule has 0 aliphatic rings. The van der Waals surface area contributed by atoms with Crippen LogP contribution in [0.3, 0.4) is 0 Å². The molecule has 0 bridgehead atoms. The molecule has 0 spiro atoms. The molecular weight excluding hydrogens is 216 g/mol. The Hall–Kier alpha value is -1.97. The SMILES string of the molecule is CC(C)(Cn1ccc2ccc(N)cc21)C(=O)O. The molecule has 1 heterocycles. The highest BCUT2D eigenvalue weighted by molar-refractivity contribution is 5.83. The third-order valence-electron chi connectivity index (χ3n) is 2.94. The molecule has 4 heteroatoms. The first kappa shape index (κ1) is 11.5. The second kappa shape index (κ2) is 3.80. The lowest BCUT2D eigenvalue weighted by Gasteiger charge is -2.20. The average molecular weight is 232 g/mol. The summed E-state index contributed by atoms with van der Waals surface area (Å²) in [7, 11) is 0. The molecule has 1 aromatic heterocycles. The van der Waals surface area contributed by atoms with Crippen molar-refractivity contribution in [3.8, 4) is 0 Å². The van der Waals surface area contributed by atoms with Gasteiger partial charge in [-0.1, -0.05) is 6.07 Å². The molecule has 0 aliphatic heterocycles. The summed E-state index contributed by atoms with van der Waals surface area (Å²) in [5.41, 5.74) is 6.61. The number of carboxylic acids is 1. The summed E-state index contributed by atoms with van der Waals surface area (Å²) in [5.74, 6) is -0.803. The standard InChI is InChI=1S/C13H16N2O2/c1-13(2,12(16)17)8-15-6-5-9-3-4-10(14)7-11(9)15/h3-7H,8,14H2,1-2H3,(H,16,17). The molecule has 0 amide bonds. The number of carboxylic acid groups (broad SMARTS) is 1.